The number of halogens is 2. The Kier molecular flexibility index (Phi) is 3.14. The molecule has 2 aromatic rings. The third-order valence-electron chi connectivity index (χ3n) is 2.52. The van der Waals surface area contributed by atoms with Crippen LogP contribution >= 0.6 is 15.9 Å². The summed E-state index contributed by atoms with van der Waals surface area (Å²) in [7, 11) is 0. The summed E-state index contributed by atoms with van der Waals surface area (Å²) in [4.78, 5) is 18.8. The number of carbonyl (C=O) groups is 1. The maximum atomic E-state index is 14.0. The first kappa shape index (κ1) is 13.0. The van der Waals surface area contributed by atoms with Gasteiger partial charge in [-0.25, -0.2) is 9.37 Å². The Balaban J connectivity index is 2.47. The number of aromatic amines is 1. The van der Waals surface area contributed by atoms with Crippen LogP contribution in [0.2, 0.25) is 0 Å². The average molecular weight is 314 g/mol. The van der Waals surface area contributed by atoms with Gasteiger partial charge in [-0.05, 0) is 15.9 Å². The number of nitrogens with one attached hydrogen (secondary N) is 2. The van der Waals surface area contributed by atoms with E-state index in [1.165, 1.54) is 12.4 Å². The van der Waals surface area contributed by atoms with Crippen LogP contribution < -0.4 is 5.32 Å². The number of hydrogen-bond donors (Lipinski definition) is 2. The number of amides is 1. The Bertz CT molecular complexity index is 616. The van der Waals surface area contributed by atoms with Gasteiger partial charge in [-0.2, -0.15) is 0 Å². The molecule has 0 saturated carbocycles. The lowest BCUT2D eigenvalue weighted by Gasteiger charge is -2.17. The highest BCUT2D eigenvalue weighted by atomic mass is 79.9. The van der Waals surface area contributed by atoms with Crippen molar-refractivity contribution in [3.8, 4) is 0 Å². The van der Waals surface area contributed by atoms with Crippen molar-refractivity contribution in [1.29, 1.82) is 0 Å². The molecule has 2 N–H and O–H groups in total. The van der Waals surface area contributed by atoms with Gasteiger partial charge in [-0.15, -0.1) is 0 Å². The minimum Gasteiger partial charge on any atom is -0.344 e. The van der Waals surface area contributed by atoms with E-state index >= 15 is 0 Å². The second-order valence-electron chi connectivity index (χ2n) is 5.05. The Hall–Kier alpha value is -1.43. The van der Waals surface area contributed by atoms with Crippen molar-refractivity contribution < 1.29 is 9.18 Å². The summed E-state index contributed by atoms with van der Waals surface area (Å²) in [5.74, 6) is -0.617. The predicted molar refractivity (Wildman–Crippen MR) is 71.8 cm³/mol. The minimum atomic E-state index is -0.542. The van der Waals surface area contributed by atoms with E-state index in [1.54, 1.807) is 20.8 Å². The zero-order valence-corrected chi connectivity index (χ0v) is 11.9. The average Bonchev–Trinajstić information content (AvgIpc) is 2.66. The second-order valence-corrected chi connectivity index (χ2v) is 5.90. The minimum absolute atomic E-state index is 0.178. The zero-order valence-electron chi connectivity index (χ0n) is 10.3. The molecule has 4 nitrogen and oxygen atoms in total. The number of hydrogen-bond acceptors (Lipinski definition) is 2. The third-order valence-corrected chi connectivity index (χ3v) is 3.08. The molecule has 0 spiro atoms. The summed E-state index contributed by atoms with van der Waals surface area (Å²) < 4.78 is 14.2. The molecule has 96 valence electrons. The van der Waals surface area contributed by atoms with Gasteiger partial charge in [0.05, 0.1) is 15.5 Å². The van der Waals surface area contributed by atoms with E-state index in [4.69, 9.17) is 0 Å². The van der Waals surface area contributed by atoms with Crippen LogP contribution in [-0.4, -0.2) is 15.9 Å². The van der Waals surface area contributed by atoms with Crippen molar-refractivity contribution in [3.63, 3.8) is 0 Å². The van der Waals surface area contributed by atoms with E-state index < -0.39 is 11.2 Å². The van der Waals surface area contributed by atoms with Gasteiger partial charge in [0.1, 0.15) is 5.65 Å². The smallest absolute Gasteiger partial charge is 0.229 e. The van der Waals surface area contributed by atoms with Gasteiger partial charge in [0.2, 0.25) is 5.91 Å². The number of nitrogens with zero attached hydrogens (tertiary/aromatic N) is 1. The largest absolute Gasteiger partial charge is 0.344 e. The first-order valence-electron chi connectivity index (χ1n) is 5.43. The number of anilines is 1. The zero-order chi connectivity index (χ0) is 13.5. The van der Waals surface area contributed by atoms with Gasteiger partial charge in [-0.3, -0.25) is 4.79 Å². The van der Waals surface area contributed by atoms with Crippen LogP contribution in [0.15, 0.2) is 16.9 Å². The highest BCUT2D eigenvalue weighted by molar-refractivity contribution is 9.10. The summed E-state index contributed by atoms with van der Waals surface area (Å²) in [6.45, 7) is 5.38. The van der Waals surface area contributed by atoms with Crippen LogP contribution in [0.5, 0.6) is 0 Å². The number of aromatic nitrogens is 2. The summed E-state index contributed by atoms with van der Waals surface area (Å²) >= 11 is 3.08. The fourth-order valence-electron chi connectivity index (χ4n) is 1.44. The Morgan fingerprint density at radius 2 is 2.17 bits per heavy atom. The Morgan fingerprint density at radius 3 is 2.78 bits per heavy atom. The predicted octanol–water partition coefficient (Wildman–Crippen LogP) is 3.45. The molecule has 0 radical (unpaired) electrons. The fourth-order valence-corrected chi connectivity index (χ4v) is 1.74. The van der Waals surface area contributed by atoms with Crippen LogP contribution in [0, 0.1) is 11.2 Å². The molecule has 2 rings (SSSR count). The molecule has 0 atom stereocenters. The molecule has 0 aliphatic heterocycles. The highest BCUT2D eigenvalue weighted by Crippen LogP contribution is 2.30. The molecule has 0 aliphatic carbocycles. The van der Waals surface area contributed by atoms with Crippen LogP contribution in [0.3, 0.4) is 0 Å². The molecule has 2 aromatic heterocycles. The quantitative estimate of drug-likeness (QED) is 0.847. The molecule has 0 aliphatic rings. The van der Waals surface area contributed by atoms with Crippen molar-refractivity contribution in [1.82, 2.24) is 9.97 Å². The van der Waals surface area contributed by atoms with E-state index in [-0.39, 0.29) is 15.8 Å². The number of pyridine rings is 1. The molecular formula is C12H13BrFN3O. The van der Waals surface area contributed by atoms with Crippen molar-refractivity contribution in [3.05, 3.63) is 22.7 Å². The molecule has 0 bridgehead atoms. The fraction of sp³-hybridized carbons (Fsp3) is 0.333. The standard InChI is InChI=1S/C12H13BrFN3O/c1-12(2,3)11(18)17-7-5-16-10-8(7)9(14)6(13)4-15-10/h4-5H,1-3H3,(H,15,16)(H,17,18). The van der Waals surface area contributed by atoms with Crippen LogP contribution in [-0.2, 0) is 4.79 Å². The third kappa shape index (κ3) is 2.25. The SMILES string of the molecule is CC(C)(C)C(=O)Nc1c[nH]c2ncc(Br)c(F)c12. The number of H-pyrrole nitrogens is 1. The molecule has 0 saturated heterocycles. The van der Waals surface area contributed by atoms with Crippen LogP contribution in [0.25, 0.3) is 11.0 Å². The van der Waals surface area contributed by atoms with E-state index in [2.05, 4.69) is 31.2 Å². The van der Waals surface area contributed by atoms with Gasteiger partial charge in [0.15, 0.2) is 5.82 Å². The molecule has 2 heterocycles. The summed E-state index contributed by atoms with van der Waals surface area (Å²) in [6.07, 6.45) is 2.92. The van der Waals surface area contributed by atoms with Gasteiger partial charge in [-0.1, -0.05) is 20.8 Å². The first-order chi connectivity index (χ1) is 8.30. The van der Waals surface area contributed by atoms with Crippen molar-refractivity contribution in [2.75, 3.05) is 5.32 Å². The summed E-state index contributed by atoms with van der Waals surface area (Å²) in [5, 5.41) is 2.98. The molecule has 1 amide bonds. The number of rotatable bonds is 1. The monoisotopic (exact) mass is 313 g/mol. The Morgan fingerprint density at radius 1 is 1.50 bits per heavy atom. The van der Waals surface area contributed by atoms with Gasteiger partial charge >= 0.3 is 0 Å². The van der Waals surface area contributed by atoms with E-state index in [0.29, 0.717) is 11.3 Å². The van der Waals surface area contributed by atoms with Crippen LogP contribution in [0.4, 0.5) is 10.1 Å². The van der Waals surface area contributed by atoms with Gasteiger partial charge < -0.3 is 10.3 Å². The van der Waals surface area contributed by atoms with Gasteiger partial charge in [0.25, 0.3) is 0 Å². The molecule has 0 fully saturated rings. The molecule has 6 heteroatoms. The lowest BCUT2D eigenvalue weighted by molar-refractivity contribution is -0.123. The normalized spacial score (nSPS) is 11.8. The van der Waals surface area contributed by atoms with Crippen molar-refractivity contribution in [2.45, 2.75) is 20.8 Å². The first-order valence-corrected chi connectivity index (χ1v) is 6.22. The van der Waals surface area contributed by atoms with Crippen molar-refractivity contribution in [2.24, 2.45) is 5.41 Å². The maximum Gasteiger partial charge on any atom is 0.229 e. The topological polar surface area (TPSA) is 57.8 Å². The highest BCUT2D eigenvalue weighted by Gasteiger charge is 2.23. The Labute approximate surface area is 112 Å². The summed E-state index contributed by atoms with van der Waals surface area (Å²) in [5.41, 5.74) is 0.260. The lowest BCUT2D eigenvalue weighted by atomic mass is 9.95. The molecule has 18 heavy (non-hydrogen) atoms. The molecule has 0 unspecified atom stereocenters. The number of fused-ring (bicyclic) bond motifs is 1. The second kappa shape index (κ2) is 4.35. The molecule has 0 aromatic carbocycles. The summed E-state index contributed by atoms with van der Waals surface area (Å²) in [6, 6.07) is 0. The van der Waals surface area contributed by atoms with Crippen molar-refractivity contribution >= 4 is 38.6 Å². The lowest BCUT2D eigenvalue weighted by Crippen LogP contribution is -2.27. The van der Waals surface area contributed by atoms with Gasteiger partial charge in [0, 0.05) is 17.8 Å². The van der Waals surface area contributed by atoms with E-state index in [1.807, 2.05) is 0 Å². The number of carbonyl (C=O) groups excluding carboxylic acids is 1. The maximum absolute atomic E-state index is 14.0. The van der Waals surface area contributed by atoms with E-state index in [0.717, 1.165) is 0 Å². The van der Waals surface area contributed by atoms with E-state index in [9.17, 15) is 9.18 Å². The van der Waals surface area contributed by atoms with Crippen LogP contribution in [0.1, 0.15) is 20.8 Å². The molecular weight excluding hydrogens is 301 g/mol.